The third-order valence-electron chi connectivity index (χ3n) is 3.79. The van der Waals surface area contributed by atoms with Crippen LogP contribution in [0.2, 0.25) is 0 Å². The third kappa shape index (κ3) is 3.61. The van der Waals surface area contributed by atoms with Gasteiger partial charge in [0.1, 0.15) is 11.6 Å². The van der Waals surface area contributed by atoms with Gasteiger partial charge in [-0.05, 0) is 40.6 Å². The quantitative estimate of drug-likeness (QED) is 0.449. The zero-order chi connectivity index (χ0) is 17.9. The zero-order valence-electron chi connectivity index (χ0n) is 13.5. The lowest BCUT2D eigenvalue weighted by atomic mass is 10.0. The Labute approximate surface area is 149 Å². The van der Waals surface area contributed by atoms with Crippen LogP contribution in [0.15, 0.2) is 70.7 Å². The van der Waals surface area contributed by atoms with E-state index >= 15 is 0 Å². The molecule has 3 aromatic rings. The average molecular weight is 344 g/mol. The Morgan fingerprint density at radius 2 is 1.81 bits per heavy atom. The fourth-order valence-electron chi connectivity index (χ4n) is 2.45. The van der Waals surface area contributed by atoms with E-state index in [0.717, 1.165) is 10.8 Å². The van der Waals surface area contributed by atoms with Gasteiger partial charge in [0, 0.05) is 0 Å². The van der Waals surface area contributed by atoms with Gasteiger partial charge in [0.05, 0.1) is 11.8 Å². The van der Waals surface area contributed by atoms with E-state index in [9.17, 15) is 9.18 Å². The Morgan fingerprint density at radius 1 is 1.12 bits per heavy atom. The van der Waals surface area contributed by atoms with Gasteiger partial charge in [0.15, 0.2) is 5.80 Å². The zero-order valence-corrected chi connectivity index (χ0v) is 13.5. The van der Waals surface area contributed by atoms with Gasteiger partial charge in [-0.1, -0.05) is 36.4 Å². The van der Waals surface area contributed by atoms with Crippen LogP contribution in [0.3, 0.4) is 0 Å². The van der Waals surface area contributed by atoms with Crippen molar-refractivity contribution < 1.29 is 13.9 Å². The minimum atomic E-state index is -0.412. The maximum Gasteiger partial charge on any atom is 0.385 e. The molecule has 26 heavy (non-hydrogen) atoms. The second-order valence-electron chi connectivity index (χ2n) is 5.64. The van der Waals surface area contributed by atoms with E-state index in [1.807, 2.05) is 24.3 Å². The predicted molar refractivity (Wildman–Crippen MR) is 99.2 cm³/mol. The summed E-state index contributed by atoms with van der Waals surface area (Å²) >= 11 is 0. The average Bonchev–Trinajstić information content (AvgIpc) is 3.47. The lowest BCUT2D eigenvalue weighted by molar-refractivity contribution is 0.0953. The SMILES string of the molecule is O=C(N/N=C/c1ccc(F)cc1)c1cc2ccccc2cc1OC1=N[B]1. The highest BCUT2D eigenvalue weighted by molar-refractivity contribution is 6.85. The number of fused-ring (bicyclic) bond motifs is 1. The number of ether oxygens (including phenoxy) is 1. The monoisotopic (exact) mass is 344 g/mol. The van der Waals surface area contributed by atoms with Gasteiger partial charge < -0.3 is 9.64 Å². The molecule has 1 amide bonds. The van der Waals surface area contributed by atoms with E-state index in [1.54, 1.807) is 31.7 Å². The van der Waals surface area contributed by atoms with Crippen molar-refractivity contribution in [1.82, 2.24) is 5.43 Å². The number of carbonyl (C=O) groups is 1. The summed E-state index contributed by atoms with van der Waals surface area (Å²) in [7, 11) is 1.57. The topological polar surface area (TPSA) is 63.0 Å². The molecule has 1 N–H and O–H groups in total. The van der Waals surface area contributed by atoms with Crippen molar-refractivity contribution >= 4 is 36.1 Å². The van der Waals surface area contributed by atoms with Crippen molar-refractivity contribution in [2.45, 2.75) is 0 Å². The first-order valence-corrected chi connectivity index (χ1v) is 7.90. The number of hydrogen-bond donors (Lipinski definition) is 1. The van der Waals surface area contributed by atoms with Crippen LogP contribution in [0.25, 0.3) is 10.8 Å². The highest BCUT2D eigenvalue weighted by atomic mass is 19.1. The van der Waals surface area contributed by atoms with Crippen LogP contribution < -0.4 is 10.2 Å². The number of halogens is 1. The number of nitrogens with one attached hydrogen (secondary N) is 1. The largest absolute Gasteiger partial charge is 0.452 e. The summed E-state index contributed by atoms with van der Waals surface area (Å²) in [5, 5.41) is 5.79. The standard InChI is InChI=1S/C19H12BFN3O2/c21-15-7-5-12(6-8-15)11-22-24-18(25)16-9-13-3-1-2-4-14(13)10-17(16)26-19-20-23-19/h1-11H,(H,24,25)/b22-11+. The fraction of sp³-hybridized carbons (Fsp3) is 0. The van der Waals surface area contributed by atoms with Gasteiger partial charge in [0.2, 0.25) is 0 Å². The molecule has 0 aliphatic carbocycles. The molecule has 5 nitrogen and oxygen atoms in total. The summed E-state index contributed by atoms with van der Waals surface area (Å²) in [5.41, 5.74) is 3.49. The normalized spacial score (nSPS) is 12.6. The summed E-state index contributed by atoms with van der Waals surface area (Å²) in [4.78, 5) is 16.4. The molecule has 3 aromatic carbocycles. The summed E-state index contributed by atoms with van der Waals surface area (Å²) in [6, 6.07) is 17.0. The molecular weight excluding hydrogens is 332 g/mol. The molecule has 0 saturated heterocycles. The maximum atomic E-state index is 12.9. The number of rotatable bonds is 4. The van der Waals surface area contributed by atoms with Gasteiger partial charge in [-0.25, -0.2) is 9.82 Å². The number of hydrogen-bond acceptors (Lipinski definition) is 4. The Bertz CT molecular complexity index is 1050. The van der Waals surface area contributed by atoms with E-state index in [4.69, 9.17) is 4.74 Å². The molecular formula is C19H12BFN3O2. The molecule has 1 aliphatic rings. The number of amides is 1. The second-order valence-corrected chi connectivity index (χ2v) is 5.64. The molecule has 1 aliphatic heterocycles. The van der Waals surface area contributed by atoms with Crippen LogP contribution in [-0.2, 0) is 0 Å². The molecule has 1 radical (unpaired) electrons. The van der Waals surface area contributed by atoms with Crippen molar-refractivity contribution in [3.05, 3.63) is 77.6 Å². The van der Waals surface area contributed by atoms with Crippen molar-refractivity contribution in [2.24, 2.45) is 10.0 Å². The van der Waals surface area contributed by atoms with Crippen molar-refractivity contribution in [1.29, 1.82) is 0 Å². The Balaban J connectivity index is 1.58. The second kappa shape index (κ2) is 6.80. The number of carbonyl (C=O) groups excluding carboxylic acids is 1. The van der Waals surface area contributed by atoms with Crippen LogP contribution in [-0.4, -0.2) is 25.3 Å². The molecule has 125 valence electrons. The number of benzene rings is 3. The molecule has 0 spiro atoms. The molecule has 7 heteroatoms. The van der Waals surface area contributed by atoms with Crippen molar-refractivity contribution in [3.63, 3.8) is 0 Å². The summed E-state index contributed by atoms with van der Waals surface area (Å²) in [6.45, 7) is 0. The first-order valence-electron chi connectivity index (χ1n) is 7.90. The summed E-state index contributed by atoms with van der Waals surface area (Å²) in [6.07, 6.45) is 1.44. The maximum absolute atomic E-state index is 12.9. The minimum absolute atomic E-state index is 0.330. The molecule has 1 heterocycles. The van der Waals surface area contributed by atoms with Crippen LogP contribution in [0.1, 0.15) is 15.9 Å². The molecule has 4 rings (SSSR count). The van der Waals surface area contributed by atoms with Crippen LogP contribution >= 0.6 is 0 Å². The Kier molecular flexibility index (Phi) is 4.19. The van der Waals surface area contributed by atoms with Crippen molar-refractivity contribution in [2.75, 3.05) is 0 Å². The molecule has 0 saturated carbocycles. The first-order chi connectivity index (χ1) is 12.7. The van der Waals surface area contributed by atoms with E-state index in [2.05, 4.69) is 15.4 Å². The number of nitrogens with zero attached hydrogens (tertiary/aromatic N) is 2. The molecule has 0 atom stereocenters. The lowest BCUT2D eigenvalue weighted by Crippen LogP contribution is -2.19. The predicted octanol–water partition coefficient (Wildman–Crippen LogP) is 3.11. The first kappa shape index (κ1) is 16.0. The van der Waals surface area contributed by atoms with Gasteiger partial charge in [0.25, 0.3) is 5.91 Å². The van der Waals surface area contributed by atoms with E-state index in [1.165, 1.54) is 18.3 Å². The third-order valence-corrected chi connectivity index (χ3v) is 3.79. The summed E-state index contributed by atoms with van der Waals surface area (Å²) < 4.78 is 18.5. The fourth-order valence-corrected chi connectivity index (χ4v) is 2.45. The minimum Gasteiger partial charge on any atom is -0.452 e. The van der Waals surface area contributed by atoms with Crippen LogP contribution in [0.4, 0.5) is 4.39 Å². The van der Waals surface area contributed by atoms with Crippen molar-refractivity contribution in [3.8, 4) is 5.75 Å². The van der Waals surface area contributed by atoms with Gasteiger partial charge in [-0.15, -0.1) is 0 Å². The van der Waals surface area contributed by atoms with Gasteiger partial charge in [-0.3, -0.25) is 4.79 Å². The van der Waals surface area contributed by atoms with E-state index < -0.39 is 5.91 Å². The van der Waals surface area contributed by atoms with Crippen LogP contribution in [0.5, 0.6) is 5.75 Å². The lowest BCUT2D eigenvalue weighted by Gasteiger charge is -2.09. The Hall–Kier alpha value is -3.48. The highest BCUT2D eigenvalue weighted by Crippen LogP contribution is 2.27. The molecule has 0 fully saturated rings. The molecule has 0 bridgehead atoms. The highest BCUT2D eigenvalue weighted by Gasteiger charge is 2.21. The van der Waals surface area contributed by atoms with Crippen LogP contribution in [0, 0.1) is 5.82 Å². The van der Waals surface area contributed by atoms with Gasteiger partial charge in [-0.2, -0.15) is 5.10 Å². The molecule has 0 unspecified atom stereocenters. The van der Waals surface area contributed by atoms with E-state index in [-0.39, 0.29) is 5.82 Å². The number of hydrazone groups is 1. The van der Waals surface area contributed by atoms with E-state index in [0.29, 0.717) is 22.7 Å². The summed E-state index contributed by atoms with van der Waals surface area (Å²) in [5.74, 6) is 0.143. The smallest absolute Gasteiger partial charge is 0.385 e. The Morgan fingerprint density at radius 3 is 2.50 bits per heavy atom. The molecule has 0 aromatic heterocycles. The van der Waals surface area contributed by atoms with Gasteiger partial charge >= 0.3 is 7.41 Å².